The molecular formula is C34H41F2N3O3S. The number of hydrogen-bond acceptors (Lipinski definition) is 4. The fraction of sp³-hybridized carbons (Fsp3) is 0.441. The summed E-state index contributed by atoms with van der Waals surface area (Å²) in [7, 11) is 0. The summed E-state index contributed by atoms with van der Waals surface area (Å²) >= 11 is 1.54. The van der Waals surface area contributed by atoms with Crippen molar-refractivity contribution in [2.24, 2.45) is 17.3 Å². The fourth-order valence-corrected chi connectivity index (χ4v) is 6.30. The number of aromatic nitrogens is 2. The minimum Gasteiger partial charge on any atom is -0.480 e. The van der Waals surface area contributed by atoms with E-state index in [2.05, 4.69) is 23.3 Å². The first-order chi connectivity index (χ1) is 20.6. The lowest BCUT2D eigenvalue weighted by molar-refractivity contribution is -0.143. The Bertz CT molecular complexity index is 1400. The Labute approximate surface area is 257 Å². The highest BCUT2D eigenvalue weighted by Gasteiger charge is 2.41. The molecule has 6 nitrogen and oxygen atoms in total. The van der Waals surface area contributed by atoms with Crippen LogP contribution in [0.25, 0.3) is 0 Å². The Kier molecular flexibility index (Phi) is 11.2. The molecule has 1 amide bonds. The summed E-state index contributed by atoms with van der Waals surface area (Å²) in [6, 6.07) is 5.45. The molecule has 9 heteroatoms. The van der Waals surface area contributed by atoms with Crippen molar-refractivity contribution in [3.05, 3.63) is 101 Å². The third-order valence-electron chi connectivity index (χ3n) is 8.65. The molecule has 0 aliphatic heterocycles. The van der Waals surface area contributed by atoms with E-state index in [9.17, 15) is 23.5 Å². The SMILES string of the molecule is CSCC[C@H](NC(=O)C1C=C(/C=C(/Cn2ccnc2)C2=CC=C(F)C(C)C2)CCC1(C)CCc1ccc(F)cc1)C(=O)O. The van der Waals surface area contributed by atoms with E-state index >= 15 is 0 Å². The number of hydrogen-bond donors (Lipinski definition) is 2. The molecule has 2 aromatic rings. The highest BCUT2D eigenvalue weighted by atomic mass is 32.2. The maximum Gasteiger partial charge on any atom is 0.326 e. The van der Waals surface area contributed by atoms with Crippen molar-refractivity contribution in [1.29, 1.82) is 0 Å². The van der Waals surface area contributed by atoms with E-state index in [1.807, 2.05) is 36.1 Å². The highest BCUT2D eigenvalue weighted by Crippen LogP contribution is 2.44. The number of aliphatic carboxylic acids is 1. The molecule has 1 aromatic heterocycles. The van der Waals surface area contributed by atoms with Gasteiger partial charge in [0.05, 0.1) is 12.2 Å². The van der Waals surface area contributed by atoms with Crippen LogP contribution < -0.4 is 5.32 Å². The van der Waals surface area contributed by atoms with Gasteiger partial charge in [0.1, 0.15) is 17.7 Å². The summed E-state index contributed by atoms with van der Waals surface area (Å²) in [5.41, 5.74) is 3.61. The third-order valence-corrected chi connectivity index (χ3v) is 9.29. The van der Waals surface area contributed by atoms with Gasteiger partial charge in [0.25, 0.3) is 0 Å². The van der Waals surface area contributed by atoms with E-state index < -0.39 is 23.3 Å². The average Bonchev–Trinajstić information content (AvgIpc) is 3.50. The predicted octanol–water partition coefficient (Wildman–Crippen LogP) is 7.07. The number of allylic oxidation sites excluding steroid dienone is 7. The minimum absolute atomic E-state index is 0.134. The second-order valence-electron chi connectivity index (χ2n) is 11.9. The van der Waals surface area contributed by atoms with Gasteiger partial charge in [-0.15, -0.1) is 0 Å². The van der Waals surface area contributed by atoms with Crippen LogP contribution in [0.2, 0.25) is 0 Å². The number of halogens is 2. The zero-order chi connectivity index (χ0) is 31.0. The van der Waals surface area contributed by atoms with Crippen LogP contribution in [0.5, 0.6) is 0 Å². The molecule has 230 valence electrons. The van der Waals surface area contributed by atoms with Crippen LogP contribution in [0, 0.1) is 23.1 Å². The van der Waals surface area contributed by atoms with Gasteiger partial charge in [-0.05, 0) is 90.9 Å². The second kappa shape index (κ2) is 14.8. The molecule has 0 fully saturated rings. The number of benzene rings is 1. The number of carbonyl (C=O) groups excluding carboxylic acids is 1. The molecule has 4 atom stereocenters. The van der Waals surface area contributed by atoms with Gasteiger partial charge >= 0.3 is 5.97 Å². The second-order valence-corrected chi connectivity index (χ2v) is 12.9. The maximum absolute atomic E-state index is 14.2. The monoisotopic (exact) mass is 609 g/mol. The predicted molar refractivity (Wildman–Crippen MR) is 168 cm³/mol. The number of carboxylic acid groups (broad SMARTS) is 1. The van der Waals surface area contributed by atoms with Gasteiger partial charge in [-0.3, -0.25) is 4.79 Å². The first-order valence-electron chi connectivity index (χ1n) is 14.8. The number of rotatable bonds is 13. The summed E-state index contributed by atoms with van der Waals surface area (Å²) in [5, 5.41) is 12.6. The largest absolute Gasteiger partial charge is 0.480 e. The molecule has 0 saturated heterocycles. The molecule has 1 heterocycles. The van der Waals surface area contributed by atoms with Crippen LogP contribution in [0.4, 0.5) is 8.78 Å². The number of carboxylic acids is 1. The molecule has 43 heavy (non-hydrogen) atoms. The number of imidazole rings is 1. The van der Waals surface area contributed by atoms with Crippen molar-refractivity contribution in [2.75, 3.05) is 12.0 Å². The minimum atomic E-state index is -1.04. The van der Waals surface area contributed by atoms with E-state index in [1.54, 1.807) is 24.7 Å². The van der Waals surface area contributed by atoms with Crippen molar-refractivity contribution < 1.29 is 23.5 Å². The topological polar surface area (TPSA) is 84.2 Å². The summed E-state index contributed by atoms with van der Waals surface area (Å²) in [4.78, 5) is 30.0. The van der Waals surface area contributed by atoms with Crippen molar-refractivity contribution in [2.45, 2.75) is 65.0 Å². The molecule has 3 unspecified atom stereocenters. The number of aryl methyl sites for hydroxylation is 1. The zero-order valence-electron chi connectivity index (χ0n) is 25.1. The van der Waals surface area contributed by atoms with E-state index in [0.29, 0.717) is 38.0 Å². The van der Waals surface area contributed by atoms with E-state index in [4.69, 9.17) is 0 Å². The summed E-state index contributed by atoms with van der Waals surface area (Å²) in [6.45, 7) is 4.51. The van der Waals surface area contributed by atoms with Crippen molar-refractivity contribution in [1.82, 2.24) is 14.9 Å². The Hall–Kier alpha value is -3.46. The lowest BCUT2D eigenvalue weighted by Gasteiger charge is -2.40. The molecule has 2 N–H and O–H groups in total. The summed E-state index contributed by atoms with van der Waals surface area (Å²) in [5.74, 6) is -1.92. The van der Waals surface area contributed by atoms with Gasteiger partial charge in [-0.25, -0.2) is 18.6 Å². The number of nitrogens with one attached hydrogen (secondary N) is 1. The molecule has 0 radical (unpaired) electrons. The average molecular weight is 610 g/mol. The van der Waals surface area contributed by atoms with Gasteiger partial charge in [0.2, 0.25) is 5.91 Å². The molecule has 4 rings (SSSR count). The number of amides is 1. The quantitative estimate of drug-likeness (QED) is 0.254. The summed E-state index contributed by atoms with van der Waals surface area (Å²) < 4.78 is 29.7. The van der Waals surface area contributed by atoms with Crippen LogP contribution >= 0.6 is 11.8 Å². The van der Waals surface area contributed by atoms with Crippen LogP contribution in [-0.4, -0.2) is 44.6 Å². The van der Waals surface area contributed by atoms with Crippen LogP contribution in [0.3, 0.4) is 0 Å². The van der Waals surface area contributed by atoms with Gasteiger partial charge in [-0.2, -0.15) is 11.8 Å². The number of carbonyl (C=O) groups is 2. The van der Waals surface area contributed by atoms with Crippen molar-refractivity contribution >= 4 is 23.6 Å². The van der Waals surface area contributed by atoms with Crippen LogP contribution in [0.15, 0.2) is 89.8 Å². The van der Waals surface area contributed by atoms with E-state index in [0.717, 1.165) is 35.1 Å². The molecule has 1 aromatic carbocycles. The van der Waals surface area contributed by atoms with Gasteiger partial charge in [0.15, 0.2) is 0 Å². The smallest absolute Gasteiger partial charge is 0.326 e. The fourth-order valence-electron chi connectivity index (χ4n) is 5.83. The molecule has 0 bridgehead atoms. The molecule has 2 aliphatic carbocycles. The standard InChI is InChI=1S/C34H41F2N3O3S/c1-23-18-26(6-9-30(23)36)27(21-39-16-15-37-22-39)19-25-11-14-34(2,13-10-24-4-7-28(35)8-5-24)29(20-25)32(40)38-31(33(41)42)12-17-43-3/h4-9,15-16,19-20,22-23,29,31H,10-14,17-18,21H2,1-3H3,(H,38,40)(H,41,42)/b27-19-/t23?,29?,31-,34?/m0/s1. The lowest BCUT2D eigenvalue weighted by atomic mass is 9.65. The van der Waals surface area contributed by atoms with Crippen molar-refractivity contribution in [3.8, 4) is 0 Å². The first-order valence-corrected chi connectivity index (χ1v) is 16.2. The summed E-state index contributed by atoms with van der Waals surface area (Å²) in [6.07, 6.45) is 18.4. The lowest BCUT2D eigenvalue weighted by Crippen LogP contribution is -2.48. The molecule has 2 aliphatic rings. The van der Waals surface area contributed by atoms with Gasteiger partial charge < -0.3 is 15.0 Å². The number of thioether (sulfide) groups is 1. The first kappa shape index (κ1) is 32.5. The van der Waals surface area contributed by atoms with E-state index in [-0.39, 0.29) is 23.5 Å². The van der Waals surface area contributed by atoms with Crippen molar-refractivity contribution in [3.63, 3.8) is 0 Å². The highest BCUT2D eigenvalue weighted by molar-refractivity contribution is 7.98. The Morgan fingerprint density at radius 3 is 2.67 bits per heavy atom. The molecular weight excluding hydrogens is 568 g/mol. The third kappa shape index (κ3) is 8.78. The molecule has 0 saturated carbocycles. The number of nitrogens with zero attached hydrogens (tertiary/aromatic N) is 2. The van der Waals surface area contributed by atoms with Gasteiger partial charge in [0, 0.05) is 24.9 Å². The maximum atomic E-state index is 14.2. The molecule has 0 spiro atoms. The Morgan fingerprint density at radius 2 is 2.02 bits per heavy atom. The van der Waals surface area contributed by atoms with Crippen LogP contribution in [0.1, 0.15) is 51.5 Å². The van der Waals surface area contributed by atoms with E-state index in [1.165, 1.54) is 30.0 Å². The zero-order valence-corrected chi connectivity index (χ0v) is 25.9. The van der Waals surface area contributed by atoms with Crippen LogP contribution in [-0.2, 0) is 22.6 Å². The van der Waals surface area contributed by atoms with Gasteiger partial charge in [-0.1, -0.05) is 49.8 Å². The Balaban J connectivity index is 1.67. The normalized spacial score (nSPS) is 23.2. The Morgan fingerprint density at radius 1 is 1.26 bits per heavy atom.